The van der Waals surface area contributed by atoms with Gasteiger partial charge in [0, 0.05) is 17.4 Å². The summed E-state index contributed by atoms with van der Waals surface area (Å²) in [5.74, 6) is 1.74. The highest BCUT2D eigenvalue weighted by atomic mass is 16.5. The molecule has 5 aromatic rings. The molecule has 3 aromatic carbocycles. The highest BCUT2D eigenvalue weighted by molar-refractivity contribution is 5.90. The van der Waals surface area contributed by atoms with Crippen LogP contribution in [0.3, 0.4) is 0 Å². The van der Waals surface area contributed by atoms with Gasteiger partial charge in [0.25, 0.3) is 0 Å². The van der Waals surface area contributed by atoms with E-state index in [1.54, 1.807) is 0 Å². The Labute approximate surface area is 234 Å². The van der Waals surface area contributed by atoms with Gasteiger partial charge in [0.2, 0.25) is 0 Å². The summed E-state index contributed by atoms with van der Waals surface area (Å²) < 4.78 is 9.79. The van der Waals surface area contributed by atoms with E-state index in [9.17, 15) is 4.79 Å². The van der Waals surface area contributed by atoms with Gasteiger partial charge in [-0.05, 0) is 74.4 Å². The molecule has 0 fully saturated rings. The van der Waals surface area contributed by atoms with Crippen LogP contribution in [-0.2, 0) is 13.0 Å². The zero-order chi connectivity index (χ0) is 27.6. The van der Waals surface area contributed by atoms with E-state index in [1.165, 1.54) is 5.56 Å². The van der Waals surface area contributed by atoms with Crippen LogP contribution < -0.4 is 10.1 Å². The number of para-hydroxylation sites is 1. The molecular formula is C33H33N5O2. The van der Waals surface area contributed by atoms with Crippen molar-refractivity contribution in [3.05, 3.63) is 125 Å². The highest BCUT2D eigenvalue weighted by Crippen LogP contribution is 2.39. The fourth-order valence-corrected chi connectivity index (χ4v) is 5.44. The normalized spacial score (nSPS) is 14.3. The summed E-state index contributed by atoms with van der Waals surface area (Å²) in [4.78, 5) is 16.1. The predicted molar refractivity (Wildman–Crippen MR) is 157 cm³/mol. The summed E-state index contributed by atoms with van der Waals surface area (Å²) in [7, 11) is 0. The number of aromatic nitrogens is 3. The number of benzene rings is 3. The molecule has 0 radical (unpaired) electrons. The predicted octanol–water partition coefficient (Wildman–Crippen LogP) is 7.07. The van der Waals surface area contributed by atoms with Gasteiger partial charge in [0.15, 0.2) is 0 Å². The number of anilines is 1. The van der Waals surface area contributed by atoms with Gasteiger partial charge in [0.05, 0.1) is 36.3 Å². The molecule has 202 valence electrons. The second kappa shape index (κ2) is 10.8. The molecule has 7 heteroatoms. The fraction of sp³-hybridized carbons (Fsp3) is 0.212. The van der Waals surface area contributed by atoms with E-state index in [-0.39, 0.29) is 12.1 Å². The summed E-state index contributed by atoms with van der Waals surface area (Å²) in [5.41, 5.74) is 6.94. The maximum Gasteiger partial charge on any atom is 0.322 e. The number of carbonyl (C=O) groups excluding carboxylic acids is 1. The Morgan fingerprint density at radius 1 is 0.950 bits per heavy atom. The van der Waals surface area contributed by atoms with Crippen LogP contribution >= 0.6 is 0 Å². The number of nitrogens with zero attached hydrogens (tertiary/aromatic N) is 4. The molecule has 1 aliphatic heterocycles. The summed E-state index contributed by atoms with van der Waals surface area (Å²) in [6.07, 6.45) is 2.83. The van der Waals surface area contributed by atoms with E-state index in [0.717, 1.165) is 46.2 Å². The summed E-state index contributed by atoms with van der Waals surface area (Å²) in [5, 5.41) is 8.18. The number of urea groups is 1. The van der Waals surface area contributed by atoms with Crippen molar-refractivity contribution in [1.29, 1.82) is 0 Å². The van der Waals surface area contributed by atoms with Crippen molar-refractivity contribution >= 4 is 11.7 Å². The number of carbonyl (C=O) groups is 1. The number of aryl methyl sites for hydroxylation is 2. The number of hydrogen-bond donors (Lipinski definition) is 1. The zero-order valence-corrected chi connectivity index (χ0v) is 23.0. The third kappa shape index (κ3) is 4.64. The minimum absolute atomic E-state index is 0.176. The highest BCUT2D eigenvalue weighted by Gasteiger charge is 2.36. The van der Waals surface area contributed by atoms with Crippen molar-refractivity contribution in [2.75, 3.05) is 11.9 Å². The van der Waals surface area contributed by atoms with E-state index in [1.807, 2.05) is 65.0 Å². The fourth-order valence-electron chi connectivity index (χ4n) is 5.44. The molecular weight excluding hydrogens is 498 g/mol. The Hall–Kier alpha value is -4.78. The Bertz CT molecular complexity index is 1620. The molecule has 2 aromatic heterocycles. The molecule has 6 rings (SSSR count). The molecule has 1 atom stereocenters. The minimum Gasteiger partial charge on any atom is -0.494 e. The average molecular weight is 532 g/mol. The van der Waals surface area contributed by atoms with Crippen molar-refractivity contribution in [2.45, 2.75) is 39.8 Å². The molecule has 0 bridgehead atoms. The number of hydrogen-bond acceptors (Lipinski definition) is 3. The third-order valence-corrected chi connectivity index (χ3v) is 7.37. The molecule has 0 unspecified atom stereocenters. The van der Waals surface area contributed by atoms with Gasteiger partial charge >= 0.3 is 6.03 Å². The number of fused-ring (bicyclic) bond motifs is 3. The second-order valence-corrected chi connectivity index (χ2v) is 9.98. The lowest BCUT2D eigenvalue weighted by Gasteiger charge is -2.31. The van der Waals surface area contributed by atoms with Gasteiger partial charge in [-0.3, -0.25) is 0 Å². The SMILES string of the molecule is CCOc1ccc(NC(=O)N2Cc3c(CC)nn(-c4ccccc4)c3-n3cccc3[C@H]2c2ccc(C)cc2)cc1. The first kappa shape index (κ1) is 25.5. The summed E-state index contributed by atoms with van der Waals surface area (Å²) in [6, 6.07) is 29.8. The number of ether oxygens (including phenoxy) is 1. The Morgan fingerprint density at radius 3 is 2.40 bits per heavy atom. The van der Waals surface area contributed by atoms with Crippen LogP contribution in [0, 0.1) is 6.92 Å². The molecule has 3 heterocycles. The molecule has 0 aliphatic carbocycles. The Balaban J connectivity index is 1.49. The average Bonchev–Trinajstić information content (AvgIpc) is 3.56. The first-order valence-corrected chi connectivity index (χ1v) is 13.8. The molecule has 7 nitrogen and oxygen atoms in total. The second-order valence-electron chi connectivity index (χ2n) is 9.98. The van der Waals surface area contributed by atoms with Crippen LogP contribution in [0.5, 0.6) is 5.75 Å². The van der Waals surface area contributed by atoms with Crippen LogP contribution in [0.2, 0.25) is 0 Å². The zero-order valence-electron chi connectivity index (χ0n) is 23.0. The maximum absolute atomic E-state index is 14.1. The van der Waals surface area contributed by atoms with Gasteiger partial charge in [-0.1, -0.05) is 55.0 Å². The minimum atomic E-state index is -0.306. The monoisotopic (exact) mass is 531 g/mol. The Kier molecular flexibility index (Phi) is 6.86. The van der Waals surface area contributed by atoms with Crippen LogP contribution in [0.15, 0.2) is 97.2 Å². The van der Waals surface area contributed by atoms with E-state index in [2.05, 4.69) is 72.4 Å². The van der Waals surface area contributed by atoms with E-state index in [0.29, 0.717) is 18.8 Å². The lowest BCUT2D eigenvalue weighted by Crippen LogP contribution is -2.38. The lowest BCUT2D eigenvalue weighted by molar-refractivity contribution is 0.194. The summed E-state index contributed by atoms with van der Waals surface area (Å²) >= 11 is 0. The van der Waals surface area contributed by atoms with E-state index < -0.39 is 0 Å². The van der Waals surface area contributed by atoms with Crippen molar-refractivity contribution in [3.8, 4) is 17.3 Å². The van der Waals surface area contributed by atoms with Crippen molar-refractivity contribution < 1.29 is 9.53 Å². The van der Waals surface area contributed by atoms with Crippen molar-refractivity contribution in [1.82, 2.24) is 19.2 Å². The van der Waals surface area contributed by atoms with Crippen LogP contribution in [-0.4, -0.2) is 31.9 Å². The molecule has 2 amide bonds. The van der Waals surface area contributed by atoms with Gasteiger partial charge in [0.1, 0.15) is 11.6 Å². The summed E-state index contributed by atoms with van der Waals surface area (Å²) in [6.45, 7) is 7.15. The molecule has 0 saturated heterocycles. The van der Waals surface area contributed by atoms with E-state index >= 15 is 0 Å². The van der Waals surface area contributed by atoms with Crippen LogP contribution in [0.4, 0.5) is 10.5 Å². The number of rotatable bonds is 6. The van der Waals surface area contributed by atoms with Gasteiger partial charge in [-0.25, -0.2) is 9.48 Å². The standard InChI is InChI=1S/C33H33N5O2/c1-4-29-28-22-37(33(39)34-25-17-19-27(20-18-25)40-5-2)31(24-15-13-23(3)14-16-24)30-12-9-21-36(30)32(28)38(35-29)26-10-7-6-8-11-26/h6-21,31H,4-5,22H2,1-3H3,(H,34,39)/t31-/m1/s1. The molecule has 0 spiro atoms. The van der Waals surface area contributed by atoms with Gasteiger partial charge < -0.3 is 19.5 Å². The topological polar surface area (TPSA) is 64.3 Å². The quantitative estimate of drug-likeness (QED) is 0.255. The first-order chi connectivity index (χ1) is 19.6. The molecule has 1 aliphatic rings. The third-order valence-electron chi connectivity index (χ3n) is 7.37. The largest absolute Gasteiger partial charge is 0.494 e. The van der Waals surface area contributed by atoms with Crippen molar-refractivity contribution in [3.63, 3.8) is 0 Å². The van der Waals surface area contributed by atoms with E-state index in [4.69, 9.17) is 9.84 Å². The van der Waals surface area contributed by atoms with Gasteiger partial charge in [-0.15, -0.1) is 0 Å². The molecule has 1 N–H and O–H groups in total. The van der Waals surface area contributed by atoms with Crippen LogP contribution in [0.25, 0.3) is 11.5 Å². The maximum atomic E-state index is 14.1. The smallest absolute Gasteiger partial charge is 0.322 e. The number of amides is 2. The molecule has 0 saturated carbocycles. The first-order valence-electron chi connectivity index (χ1n) is 13.8. The Morgan fingerprint density at radius 2 is 1.70 bits per heavy atom. The number of nitrogens with one attached hydrogen (secondary N) is 1. The van der Waals surface area contributed by atoms with Crippen LogP contribution in [0.1, 0.15) is 48.0 Å². The van der Waals surface area contributed by atoms with Gasteiger partial charge in [-0.2, -0.15) is 5.10 Å². The lowest BCUT2D eigenvalue weighted by atomic mass is 10.0. The van der Waals surface area contributed by atoms with Crippen molar-refractivity contribution in [2.24, 2.45) is 0 Å². The molecule has 40 heavy (non-hydrogen) atoms.